The van der Waals surface area contributed by atoms with Gasteiger partial charge in [-0.1, -0.05) is 22.2 Å². The molecule has 4 aromatic rings. The molecule has 1 aromatic carbocycles. The lowest BCUT2D eigenvalue weighted by molar-refractivity contribution is -0.137. The number of nitrogens with one attached hydrogen (secondary N) is 1. The van der Waals surface area contributed by atoms with E-state index in [4.69, 9.17) is 5.73 Å². The average molecular weight is 591 g/mol. The number of benzene rings is 1. The number of carbonyl (C=O) groups is 3. The van der Waals surface area contributed by atoms with Crippen molar-refractivity contribution in [1.82, 2.24) is 34.7 Å². The molecule has 3 aromatic heterocycles. The van der Waals surface area contributed by atoms with Crippen LogP contribution in [0.2, 0.25) is 0 Å². The SMILES string of the molecule is CC1Cc2c(NC(=O)C3CC(F)CN3C(=O)Cn3nc(C(N)=O)c4cc(-c5ccnnc5)ccc43)nn(C)c2N=C1P. The Labute approximate surface area is 241 Å². The molecular weight excluding hydrogens is 562 g/mol. The number of aryl methyl sites for hydroxylation is 1. The molecular formula is C27H28FN10O3P. The van der Waals surface area contributed by atoms with E-state index >= 15 is 0 Å². The Morgan fingerprint density at radius 3 is 2.71 bits per heavy atom. The van der Waals surface area contributed by atoms with Gasteiger partial charge in [-0.25, -0.2) is 14.1 Å². The second-order valence-corrected chi connectivity index (χ2v) is 11.1. The van der Waals surface area contributed by atoms with E-state index in [1.165, 1.54) is 9.58 Å². The van der Waals surface area contributed by atoms with Crippen LogP contribution < -0.4 is 11.1 Å². The molecule has 0 spiro atoms. The third-order valence-electron chi connectivity index (χ3n) is 7.66. The highest BCUT2D eigenvalue weighted by atomic mass is 31.0. The zero-order valence-electron chi connectivity index (χ0n) is 22.9. The number of carbonyl (C=O) groups excluding carboxylic acids is 3. The molecule has 0 radical (unpaired) electrons. The third-order valence-corrected chi connectivity index (χ3v) is 8.36. The number of anilines is 1. The van der Waals surface area contributed by atoms with Crippen LogP contribution in [0.1, 0.15) is 29.4 Å². The summed E-state index contributed by atoms with van der Waals surface area (Å²) in [5.41, 5.74) is 9.30. The van der Waals surface area contributed by atoms with Gasteiger partial charge in [0, 0.05) is 41.4 Å². The van der Waals surface area contributed by atoms with Crippen molar-refractivity contribution in [3.8, 4) is 11.1 Å². The van der Waals surface area contributed by atoms with Gasteiger partial charge in [0.05, 0.1) is 24.5 Å². The lowest BCUT2D eigenvalue weighted by atomic mass is 10.0. The van der Waals surface area contributed by atoms with Crippen LogP contribution in [0.15, 0.2) is 41.7 Å². The van der Waals surface area contributed by atoms with Gasteiger partial charge in [0.25, 0.3) is 5.91 Å². The van der Waals surface area contributed by atoms with Crippen molar-refractivity contribution in [3.05, 3.63) is 47.9 Å². The van der Waals surface area contributed by atoms with Gasteiger partial charge in [-0.3, -0.25) is 19.1 Å². The van der Waals surface area contributed by atoms with E-state index in [-0.39, 0.29) is 31.1 Å². The Balaban J connectivity index is 1.25. The van der Waals surface area contributed by atoms with Crippen LogP contribution >= 0.6 is 9.24 Å². The van der Waals surface area contributed by atoms with Crippen molar-refractivity contribution >= 4 is 55.0 Å². The highest BCUT2D eigenvalue weighted by molar-refractivity contribution is 7.40. The Morgan fingerprint density at radius 1 is 1.17 bits per heavy atom. The van der Waals surface area contributed by atoms with Gasteiger partial charge in [-0.2, -0.15) is 20.4 Å². The van der Waals surface area contributed by atoms with Crippen molar-refractivity contribution in [2.75, 3.05) is 11.9 Å². The molecule has 2 aliphatic rings. The molecule has 0 saturated carbocycles. The zero-order chi connectivity index (χ0) is 29.7. The Hall–Kier alpha value is -4.58. The van der Waals surface area contributed by atoms with E-state index < -0.39 is 29.9 Å². The van der Waals surface area contributed by atoms with Crippen LogP contribution in [0.5, 0.6) is 0 Å². The molecule has 3 amide bonds. The molecule has 42 heavy (non-hydrogen) atoms. The molecule has 6 rings (SSSR count). The van der Waals surface area contributed by atoms with Gasteiger partial charge in [0.1, 0.15) is 18.8 Å². The maximum absolute atomic E-state index is 14.7. The smallest absolute Gasteiger partial charge is 0.269 e. The molecule has 4 atom stereocenters. The maximum Gasteiger partial charge on any atom is 0.269 e. The fraction of sp³-hybridized carbons (Fsp3) is 0.333. The van der Waals surface area contributed by atoms with E-state index in [1.807, 2.05) is 6.92 Å². The molecule has 1 saturated heterocycles. The quantitative estimate of drug-likeness (QED) is 0.324. The van der Waals surface area contributed by atoms with Crippen molar-refractivity contribution in [1.29, 1.82) is 0 Å². The predicted molar refractivity (Wildman–Crippen MR) is 156 cm³/mol. The van der Waals surface area contributed by atoms with Crippen molar-refractivity contribution in [2.24, 2.45) is 23.7 Å². The van der Waals surface area contributed by atoms with Crippen molar-refractivity contribution < 1.29 is 18.8 Å². The molecule has 216 valence electrons. The van der Waals surface area contributed by atoms with Gasteiger partial charge in [-0.15, -0.1) is 0 Å². The fourth-order valence-electron chi connectivity index (χ4n) is 5.48. The minimum Gasteiger partial charge on any atom is -0.364 e. The number of likely N-dealkylation sites (tertiary alicyclic amines) is 1. The van der Waals surface area contributed by atoms with Gasteiger partial charge < -0.3 is 16.0 Å². The number of aromatic nitrogens is 6. The molecule has 2 aliphatic heterocycles. The molecule has 4 unspecified atom stereocenters. The normalized spacial score (nSPS) is 20.0. The molecule has 0 aliphatic carbocycles. The Bertz CT molecular complexity index is 1770. The molecule has 3 N–H and O–H groups in total. The summed E-state index contributed by atoms with van der Waals surface area (Å²) in [6.45, 7) is 1.47. The summed E-state index contributed by atoms with van der Waals surface area (Å²) in [6.07, 6.45) is 2.24. The summed E-state index contributed by atoms with van der Waals surface area (Å²) in [7, 11) is 4.36. The number of aliphatic imine (C=N–C) groups is 1. The number of nitrogens with zero attached hydrogens (tertiary/aromatic N) is 8. The van der Waals surface area contributed by atoms with Crippen LogP contribution in [-0.2, 0) is 29.6 Å². The summed E-state index contributed by atoms with van der Waals surface area (Å²) in [6, 6.07) is 5.98. The second-order valence-electron chi connectivity index (χ2n) is 10.5. The number of fused-ring (bicyclic) bond motifs is 2. The molecule has 15 heteroatoms. The predicted octanol–water partition coefficient (Wildman–Crippen LogP) is 2.00. The number of rotatable bonds is 6. The van der Waals surface area contributed by atoms with Crippen molar-refractivity contribution in [3.63, 3.8) is 0 Å². The van der Waals surface area contributed by atoms with Crippen LogP contribution in [0.25, 0.3) is 22.0 Å². The Kier molecular flexibility index (Phi) is 7.01. The van der Waals surface area contributed by atoms with Crippen LogP contribution in [0.3, 0.4) is 0 Å². The highest BCUT2D eigenvalue weighted by Crippen LogP contribution is 2.35. The third kappa shape index (κ3) is 4.91. The van der Waals surface area contributed by atoms with Gasteiger partial charge in [0.15, 0.2) is 17.3 Å². The van der Waals surface area contributed by atoms with E-state index in [9.17, 15) is 18.8 Å². The average Bonchev–Trinajstić information content (AvgIpc) is 3.63. The lowest BCUT2D eigenvalue weighted by Crippen LogP contribution is -2.44. The number of hydrogen-bond acceptors (Lipinski definition) is 8. The number of primary amides is 1. The van der Waals surface area contributed by atoms with E-state index in [1.54, 1.807) is 48.4 Å². The largest absolute Gasteiger partial charge is 0.364 e. The first-order chi connectivity index (χ1) is 20.1. The first-order valence-electron chi connectivity index (χ1n) is 13.3. The molecule has 5 heterocycles. The van der Waals surface area contributed by atoms with Crippen molar-refractivity contribution in [2.45, 2.75) is 38.5 Å². The van der Waals surface area contributed by atoms with Gasteiger partial charge in [0.2, 0.25) is 11.8 Å². The number of hydrogen-bond donors (Lipinski definition) is 2. The van der Waals surface area contributed by atoms with Crippen LogP contribution in [-0.4, -0.2) is 76.6 Å². The fourth-order valence-corrected chi connectivity index (χ4v) is 5.72. The number of nitrogens with two attached hydrogens (primary N) is 1. The summed E-state index contributed by atoms with van der Waals surface area (Å²) >= 11 is 0. The summed E-state index contributed by atoms with van der Waals surface area (Å²) < 4.78 is 17.6. The van der Waals surface area contributed by atoms with E-state index in [0.29, 0.717) is 29.0 Å². The van der Waals surface area contributed by atoms with Crippen LogP contribution in [0, 0.1) is 5.92 Å². The highest BCUT2D eigenvalue weighted by Gasteiger charge is 2.41. The number of amides is 3. The van der Waals surface area contributed by atoms with E-state index in [0.717, 1.165) is 22.1 Å². The monoisotopic (exact) mass is 590 g/mol. The Morgan fingerprint density at radius 2 is 1.98 bits per heavy atom. The second kappa shape index (κ2) is 10.7. The summed E-state index contributed by atoms with van der Waals surface area (Å²) in [5.74, 6) is -0.665. The standard InChI is InChI=1S/C27H28FN10O3P/c1-13-7-18-24(35-36(2)25(18)33-27(13)42)32-26(41)20-9-16(28)11-37(20)21(39)12-38-19-4-3-14(15-5-6-30-31-10-15)8-17(19)22(34-38)23(29)40/h3-6,8,10,13,16,20H,7,9,11-12,42H2,1-2H3,(H2,29,40)(H,32,35,41). The summed E-state index contributed by atoms with van der Waals surface area (Å²) in [4.78, 5) is 44.9. The lowest BCUT2D eigenvalue weighted by Gasteiger charge is -2.24. The minimum atomic E-state index is -1.38. The van der Waals surface area contributed by atoms with Crippen LogP contribution in [0.4, 0.5) is 16.0 Å². The number of alkyl halides is 1. The number of halogens is 1. The van der Waals surface area contributed by atoms with Gasteiger partial charge >= 0.3 is 0 Å². The minimum absolute atomic E-state index is 0.00815. The van der Waals surface area contributed by atoms with Gasteiger partial charge in [-0.05, 0) is 30.2 Å². The topological polar surface area (TPSA) is 166 Å². The first-order valence-corrected chi connectivity index (χ1v) is 13.9. The maximum atomic E-state index is 14.7. The molecule has 1 fully saturated rings. The zero-order valence-corrected chi connectivity index (χ0v) is 24.0. The summed E-state index contributed by atoms with van der Waals surface area (Å²) in [5, 5.41) is 19.6. The van der Waals surface area contributed by atoms with E-state index in [2.05, 4.69) is 39.9 Å². The molecule has 0 bridgehead atoms. The first kappa shape index (κ1) is 27.6. The molecule has 13 nitrogen and oxygen atoms in total.